The van der Waals surface area contributed by atoms with Gasteiger partial charge in [-0.3, -0.25) is 9.36 Å². The number of hydrogen-bond donors (Lipinski definition) is 0. The first-order valence-corrected chi connectivity index (χ1v) is 9.67. The summed E-state index contributed by atoms with van der Waals surface area (Å²) in [4.78, 5) is 17.7. The Kier molecular flexibility index (Phi) is 4.35. The number of aromatic nitrogens is 4. The van der Waals surface area contributed by atoms with Crippen molar-refractivity contribution in [2.75, 3.05) is 7.11 Å². The van der Waals surface area contributed by atoms with E-state index in [9.17, 15) is 4.79 Å². The standard InChI is InChI=1S/C23H21N4O3/c1-25-9-10-26(15-25)20(22-11-16-5-3-4-6-21(16)30-22)13-27-14-24-19-8-7-17(29-2)12-18(19)23(27)28/h3-12,14-15,20H,13H2,1-2H3/q+1. The number of hydrogen-bond acceptors (Lipinski definition) is 4. The molecule has 30 heavy (non-hydrogen) atoms. The van der Waals surface area contributed by atoms with Gasteiger partial charge >= 0.3 is 0 Å². The minimum atomic E-state index is -0.207. The fourth-order valence-electron chi connectivity index (χ4n) is 3.73. The second kappa shape index (κ2) is 7.18. The molecule has 1 unspecified atom stereocenters. The van der Waals surface area contributed by atoms with Gasteiger partial charge in [-0.25, -0.2) is 14.1 Å². The summed E-state index contributed by atoms with van der Waals surface area (Å²) in [7, 11) is 3.54. The highest BCUT2D eigenvalue weighted by atomic mass is 16.5. The predicted octanol–water partition coefficient (Wildman–Crippen LogP) is 3.07. The first-order valence-electron chi connectivity index (χ1n) is 9.67. The maximum Gasteiger partial charge on any atom is 0.261 e. The lowest BCUT2D eigenvalue weighted by molar-refractivity contribution is -0.671. The molecule has 0 aliphatic rings. The van der Waals surface area contributed by atoms with Crippen LogP contribution >= 0.6 is 0 Å². The Bertz CT molecular complexity index is 1380. The number of furan rings is 1. The highest BCUT2D eigenvalue weighted by Crippen LogP contribution is 2.27. The van der Waals surface area contributed by atoms with E-state index in [1.54, 1.807) is 36.2 Å². The molecule has 0 aliphatic heterocycles. The summed E-state index contributed by atoms with van der Waals surface area (Å²) in [6, 6.07) is 15.0. The van der Waals surface area contributed by atoms with Crippen LogP contribution in [0.1, 0.15) is 11.8 Å². The largest absolute Gasteiger partial charge is 0.497 e. The van der Waals surface area contributed by atoms with Crippen LogP contribution in [0.5, 0.6) is 5.75 Å². The van der Waals surface area contributed by atoms with Crippen molar-refractivity contribution in [3.05, 3.63) is 89.7 Å². The van der Waals surface area contributed by atoms with Crippen molar-refractivity contribution in [3.8, 4) is 5.75 Å². The normalized spacial score (nSPS) is 12.5. The van der Waals surface area contributed by atoms with E-state index in [0.717, 1.165) is 16.7 Å². The fraction of sp³-hybridized carbons (Fsp3) is 0.174. The topological polar surface area (TPSA) is 66.1 Å². The summed E-state index contributed by atoms with van der Waals surface area (Å²) in [5, 5.41) is 1.56. The molecule has 0 fully saturated rings. The molecule has 0 amide bonds. The maximum atomic E-state index is 13.2. The van der Waals surface area contributed by atoms with Crippen molar-refractivity contribution >= 4 is 21.9 Å². The van der Waals surface area contributed by atoms with Crippen LogP contribution in [0.3, 0.4) is 0 Å². The van der Waals surface area contributed by atoms with Gasteiger partial charge in [-0.2, -0.15) is 0 Å². The predicted molar refractivity (Wildman–Crippen MR) is 113 cm³/mol. The number of nitrogens with zero attached hydrogens (tertiary/aromatic N) is 4. The molecular weight excluding hydrogens is 380 g/mol. The highest BCUT2D eigenvalue weighted by Gasteiger charge is 2.24. The summed E-state index contributed by atoms with van der Waals surface area (Å²) >= 11 is 0. The Morgan fingerprint density at radius 1 is 1.20 bits per heavy atom. The zero-order chi connectivity index (χ0) is 20.7. The summed E-state index contributed by atoms with van der Waals surface area (Å²) in [5.41, 5.74) is 1.35. The van der Waals surface area contributed by atoms with Gasteiger partial charge in [0.1, 0.15) is 23.7 Å². The Labute approximate surface area is 172 Å². The molecule has 0 saturated heterocycles. The first-order chi connectivity index (χ1) is 14.6. The Morgan fingerprint density at radius 3 is 2.83 bits per heavy atom. The minimum Gasteiger partial charge on any atom is -0.497 e. The quantitative estimate of drug-likeness (QED) is 0.425. The van der Waals surface area contributed by atoms with E-state index < -0.39 is 0 Å². The van der Waals surface area contributed by atoms with E-state index in [1.807, 2.05) is 65.2 Å². The average molecular weight is 401 g/mol. The number of benzene rings is 2. The molecule has 3 aromatic heterocycles. The summed E-state index contributed by atoms with van der Waals surface area (Å²) in [6.45, 7) is 0.382. The van der Waals surface area contributed by atoms with Gasteiger partial charge in [0.25, 0.3) is 5.56 Å². The van der Waals surface area contributed by atoms with E-state index >= 15 is 0 Å². The lowest BCUT2D eigenvalue weighted by atomic mass is 10.2. The van der Waals surface area contributed by atoms with Crippen LogP contribution in [0.25, 0.3) is 21.9 Å². The molecular formula is C23H21N4O3+. The molecule has 7 heteroatoms. The van der Waals surface area contributed by atoms with Gasteiger partial charge in [-0.1, -0.05) is 18.2 Å². The first kappa shape index (κ1) is 18.2. The van der Waals surface area contributed by atoms with Crippen molar-refractivity contribution in [3.63, 3.8) is 0 Å². The third-order valence-corrected chi connectivity index (χ3v) is 5.32. The lowest BCUT2D eigenvalue weighted by Crippen LogP contribution is -2.28. The van der Waals surface area contributed by atoms with Crippen molar-refractivity contribution < 1.29 is 13.7 Å². The fourth-order valence-corrected chi connectivity index (χ4v) is 3.73. The molecule has 0 spiro atoms. The van der Waals surface area contributed by atoms with Gasteiger partial charge < -0.3 is 9.15 Å². The van der Waals surface area contributed by atoms with Gasteiger partial charge in [-0.05, 0) is 30.3 Å². The second-order valence-corrected chi connectivity index (χ2v) is 7.31. The zero-order valence-corrected chi connectivity index (χ0v) is 16.7. The molecule has 150 valence electrons. The third-order valence-electron chi connectivity index (χ3n) is 5.32. The van der Waals surface area contributed by atoms with E-state index in [-0.39, 0.29) is 11.6 Å². The molecule has 0 saturated carbocycles. The summed E-state index contributed by atoms with van der Waals surface area (Å²) < 4.78 is 17.0. The summed E-state index contributed by atoms with van der Waals surface area (Å²) in [5.74, 6) is 1.41. The van der Waals surface area contributed by atoms with Crippen molar-refractivity contribution in [2.24, 2.45) is 7.05 Å². The van der Waals surface area contributed by atoms with E-state index in [1.165, 1.54) is 0 Å². The van der Waals surface area contributed by atoms with Crippen LogP contribution < -0.4 is 14.9 Å². The van der Waals surface area contributed by atoms with E-state index in [4.69, 9.17) is 9.15 Å². The van der Waals surface area contributed by atoms with Gasteiger partial charge in [-0.15, -0.1) is 0 Å². The second-order valence-electron chi connectivity index (χ2n) is 7.31. The van der Waals surface area contributed by atoms with Crippen LogP contribution in [0.4, 0.5) is 0 Å². The number of imidazole rings is 1. The van der Waals surface area contributed by atoms with Crippen molar-refractivity contribution in [1.82, 2.24) is 14.1 Å². The lowest BCUT2D eigenvalue weighted by Gasteiger charge is -2.14. The van der Waals surface area contributed by atoms with Crippen LogP contribution in [-0.4, -0.2) is 21.2 Å². The van der Waals surface area contributed by atoms with Crippen molar-refractivity contribution in [1.29, 1.82) is 0 Å². The van der Waals surface area contributed by atoms with Crippen LogP contribution in [0.15, 0.2) is 82.8 Å². The Morgan fingerprint density at radius 2 is 2.07 bits per heavy atom. The van der Waals surface area contributed by atoms with E-state index in [0.29, 0.717) is 23.2 Å². The molecule has 0 N–H and O–H groups in total. The van der Waals surface area contributed by atoms with E-state index in [2.05, 4.69) is 4.98 Å². The van der Waals surface area contributed by atoms with Crippen LogP contribution in [-0.2, 0) is 13.6 Å². The molecule has 0 radical (unpaired) electrons. The molecule has 0 bridgehead atoms. The number of methoxy groups -OCH3 is 1. The molecule has 5 rings (SSSR count). The van der Waals surface area contributed by atoms with Gasteiger partial charge in [0.15, 0.2) is 11.8 Å². The zero-order valence-electron chi connectivity index (χ0n) is 16.7. The monoisotopic (exact) mass is 401 g/mol. The van der Waals surface area contributed by atoms with Gasteiger partial charge in [0.2, 0.25) is 6.33 Å². The SMILES string of the molecule is COc1ccc2ncn(CC(c3cc4ccccc4o3)n3cc[n+](C)c3)c(=O)c2c1. The number of ether oxygens (including phenoxy) is 1. The number of aryl methyl sites for hydroxylation is 1. The molecule has 1 atom stereocenters. The number of para-hydroxylation sites is 1. The maximum absolute atomic E-state index is 13.2. The summed E-state index contributed by atoms with van der Waals surface area (Å²) in [6.07, 6.45) is 7.50. The molecule has 2 aromatic carbocycles. The highest BCUT2D eigenvalue weighted by molar-refractivity contribution is 5.79. The van der Waals surface area contributed by atoms with Crippen LogP contribution in [0.2, 0.25) is 0 Å². The van der Waals surface area contributed by atoms with Gasteiger partial charge in [0, 0.05) is 5.39 Å². The smallest absolute Gasteiger partial charge is 0.261 e. The molecule has 3 heterocycles. The van der Waals surface area contributed by atoms with Gasteiger partial charge in [0.05, 0.1) is 37.9 Å². The molecule has 7 nitrogen and oxygen atoms in total. The third kappa shape index (κ3) is 3.14. The number of fused-ring (bicyclic) bond motifs is 2. The van der Waals surface area contributed by atoms with Crippen LogP contribution in [0, 0.1) is 0 Å². The average Bonchev–Trinajstić information content (AvgIpc) is 3.39. The molecule has 0 aliphatic carbocycles. The Hall–Kier alpha value is -3.87. The number of rotatable bonds is 5. The minimum absolute atomic E-state index is 0.114. The molecule has 5 aromatic rings. The van der Waals surface area contributed by atoms with Crippen molar-refractivity contribution in [2.45, 2.75) is 12.6 Å². The Balaban J connectivity index is 1.62.